The molecule has 0 N–H and O–H groups in total. The van der Waals surface area contributed by atoms with Crippen molar-refractivity contribution in [3.63, 3.8) is 0 Å². The van der Waals surface area contributed by atoms with E-state index in [0.29, 0.717) is 0 Å². The lowest BCUT2D eigenvalue weighted by Gasteiger charge is -2.20. The van der Waals surface area contributed by atoms with Crippen molar-refractivity contribution in [3.05, 3.63) is 70.4 Å². The summed E-state index contributed by atoms with van der Waals surface area (Å²) in [7, 11) is 0. The molecule has 0 fully saturated rings. The van der Waals surface area contributed by atoms with Crippen LogP contribution in [0.2, 0.25) is 0 Å². The minimum Gasteiger partial charge on any atom is -0.315 e. The molecule has 0 saturated heterocycles. The molecule has 0 atom stereocenters. The smallest absolute Gasteiger partial charge is 0.261 e. The largest absolute Gasteiger partial charge is 0.315 e. The third-order valence-electron chi connectivity index (χ3n) is 4.99. The normalized spacial score (nSPS) is 15.9. The van der Waals surface area contributed by atoms with Gasteiger partial charge in [0.05, 0.1) is 5.56 Å². The summed E-state index contributed by atoms with van der Waals surface area (Å²) in [6, 6.07) is 12.3. The van der Waals surface area contributed by atoms with Gasteiger partial charge < -0.3 is 9.47 Å². The van der Waals surface area contributed by atoms with Gasteiger partial charge in [-0.05, 0) is 47.9 Å². The highest BCUT2D eigenvalue weighted by Gasteiger charge is 2.32. The fourth-order valence-corrected chi connectivity index (χ4v) is 6.21. The standard InChI is InChI=1S/C20H18N2OS2/c23-19(22-11-7-14-5-1-2-6-16(14)22)18-15-8-12-24-13-17(15)25-20(18)21-9-3-4-10-21/h1-6,9-10H,7-8,11-13H2. The van der Waals surface area contributed by atoms with Crippen molar-refractivity contribution < 1.29 is 4.79 Å². The average Bonchev–Trinajstić information content (AvgIpc) is 3.38. The van der Waals surface area contributed by atoms with Gasteiger partial charge >= 0.3 is 0 Å². The van der Waals surface area contributed by atoms with Gasteiger partial charge in [0, 0.05) is 35.3 Å². The quantitative estimate of drug-likeness (QED) is 0.666. The van der Waals surface area contributed by atoms with Crippen molar-refractivity contribution in [1.29, 1.82) is 0 Å². The Bertz CT molecular complexity index is 943. The van der Waals surface area contributed by atoms with Gasteiger partial charge in [0.25, 0.3) is 5.91 Å². The van der Waals surface area contributed by atoms with Crippen molar-refractivity contribution in [3.8, 4) is 5.00 Å². The predicted octanol–water partition coefficient (Wildman–Crippen LogP) is 4.53. The summed E-state index contributed by atoms with van der Waals surface area (Å²) in [4.78, 5) is 16.9. The zero-order chi connectivity index (χ0) is 16.8. The van der Waals surface area contributed by atoms with Crippen molar-refractivity contribution >= 4 is 34.7 Å². The molecule has 2 aliphatic rings. The fraction of sp³-hybridized carbons (Fsp3) is 0.250. The summed E-state index contributed by atoms with van der Waals surface area (Å²) in [5.41, 5.74) is 4.56. The summed E-state index contributed by atoms with van der Waals surface area (Å²) in [6.07, 6.45) is 6.02. The lowest BCUT2D eigenvalue weighted by atomic mass is 10.1. The van der Waals surface area contributed by atoms with Crippen LogP contribution in [0.1, 0.15) is 26.4 Å². The second kappa shape index (κ2) is 6.07. The Morgan fingerprint density at radius 1 is 1.04 bits per heavy atom. The zero-order valence-corrected chi connectivity index (χ0v) is 15.4. The van der Waals surface area contributed by atoms with E-state index in [1.54, 1.807) is 11.3 Å². The third-order valence-corrected chi connectivity index (χ3v) is 7.40. The number of hydrogen-bond acceptors (Lipinski definition) is 3. The van der Waals surface area contributed by atoms with E-state index < -0.39 is 0 Å². The number of benzene rings is 1. The summed E-state index contributed by atoms with van der Waals surface area (Å²) in [6.45, 7) is 0.780. The number of amides is 1. The Morgan fingerprint density at radius 2 is 1.88 bits per heavy atom. The van der Waals surface area contributed by atoms with Crippen LogP contribution >= 0.6 is 23.1 Å². The topological polar surface area (TPSA) is 25.2 Å². The molecule has 0 saturated carbocycles. The van der Waals surface area contributed by atoms with Gasteiger partial charge in [0.2, 0.25) is 0 Å². The Balaban J connectivity index is 1.64. The molecule has 25 heavy (non-hydrogen) atoms. The molecule has 126 valence electrons. The Labute approximate surface area is 155 Å². The molecule has 1 aromatic carbocycles. The number of hydrogen-bond donors (Lipinski definition) is 0. The molecule has 5 rings (SSSR count). The lowest BCUT2D eigenvalue weighted by molar-refractivity contribution is 0.0989. The number of aromatic nitrogens is 1. The number of thiophene rings is 1. The SMILES string of the molecule is O=C(c1c(-n2cccc2)sc2c1CCSC2)N1CCc2ccccc21. The average molecular weight is 367 g/mol. The number of carbonyl (C=O) groups excluding carboxylic acids is 1. The molecule has 3 aromatic rings. The first-order valence-electron chi connectivity index (χ1n) is 8.58. The Kier molecular flexibility index (Phi) is 3.71. The molecular formula is C20H18N2OS2. The maximum atomic E-state index is 13.6. The first-order chi connectivity index (χ1) is 12.3. The molecule has 0 radical (unpaired) electrons. The Morgan fingerprint density at radius 3 is 2.76 bits per heavy atom. The molecule has 0 unspecified atom stereocenters. The molecule has 5 heteroatoms. The van der Waals surface area contributed by atoms with E-state index in [4.69, 9.17) is 0 Å². The van der Waals surface area contributed by atoms with Gasteiger partial charge in [-0.2, -0.15) is 11.8 Å². The molecular weight excluding hydrogens is 348 g/mol. The van der Waals surface area contributed by atoms with Crippen LogP contribution in [0.4, 0.5) is 5.69 Å². The number of fused-ring (bicyclic) bond motifs is 2. The van der Waals surface area contributed by atoms with Gasteiger partial charge in [-0.3, -0.25) is 4.79 Å². The second-order valence-corrected chi connectivity index (χ2v) is 8.60. The highest BCUT2D eigenvalue weighted by atomic mass is 32.2. The molecule has 0 aliphatic carbocycles. The predicted molar refractivity (Wildman–Crippen MR) is 105 cm³/mol. The van der Waals surface area contributed by atoms with Crippen molar-refractivity contribution in [2.75, 3.05) is 17.2 Å². The molecule has 0 spiro atoms. The van der Waals surface area contributed by atoms with Crippen LogP contribution in [-0.2, 0) is 18.6 Å². The van der Waals surface area contributed by atoms with E-state index in [1.807, 2.05) is 47.3 Å². The van der Waals surface area contributed by atoms with E-state index in [9.17, 15) is 4.79 Å². The minimum atomic E-state index is 0.165. The molecule has 1 amide bonds. The molecule has 0 bridgehead atoms. The Hall–Kier alpha value is -1.98. The number of carbonyl (C=O) groups is 1. The highest BCUT2D eigenvalue weighted by Crippen LogP contribution is 2.40. The van der Waals surface area contributed by atoms with Gasteiger partial charge in [0.15, 0.2) is 0 Å². The summed E-state index contributed by atoms with van der Waals surface area (Å²) >= 11 is 3.75. The maximum Gasteiger partial charge on any atom is 0.261 e. The summed E-state index contributed by atoms with van der Waals surface area (Å²) in [5, 5.41) is 1.08. The van der Waals surface area contributed by atoms with E-state index in [-0.39, 0.29) is 5.91 Å². The van der Waals surface area contributed by atoms with Gasteiger partial charge in [-0.1, -0.05) is 18.2 Å². The van der Waals surface area contributed by atoms with Crippen LogP contribution in [0.25, 0.3) is 5.00 Å². The van der Waals surface area contributed by atoms with Crippen molar-refractivity contribution in [1.82, 2.24) is 4.57 Å². The first-order valence-corrected chi connectivity index (χ1v) is 10.6. The third kappa shape index (κ3) is 2.45. The van der Waals surface area contributed by atoms with Gasteiger partial charge in [-0.15, -0.1) is 11.3 Å². The van der Waals surface area contributed by atoms with Crippen LogP contribution in [0, 0.1) is 0 Å². The van der Waals surface area contributed by atoms with Crippen molar-refractivity contribution in [2.24, 2.45) is 0 Å². The van der Waals surface area contributed by atoms with Crippen molar-refractivity contribution in [2.45, 2.75) is 18.6 Å². The number of para-hydroxylation sites is 1. The van der Waals surface area contributed by atoms with Crippen LogP contribution in [0.15, 0.2) is 48.8 Å². The van der Waals surface area contributed by atoms with Gasteiger partial charge in [0.1, 0.15) is 5.00 Å². The molecule has 2 aromatic heterocycles. The van der Waals surface area contributed by atoms with Crippen LogP contribution in [-0.4, -0.2) is 22.8 Å². The van der Waals surface area contributed by atoms with E-state index in [1.165, 1.54) is 16.0 Å². The number of nitrogens with zero attached hydrogens (tertiary/aromatic N) is 2. The summed E-state index contributed by atoms with van der Waals surface area (Å²) in [5.74, 6) is 2.29. The number of rotatable bonds is 2. The highest BCUT2D eigenvalue weighted by molar-refractivity contribution is 7.98. The van der Waals surface area contributed by atoms with Crippen LogP contribution in [0.3, 0.4) is 0 Å². The molecule has 2 aliphatic heterocycles. The maximum absolute atomic E-state index is 13.6. The van der Waals surface area contributed by atoms with E-state index in [2.05, 4.69) is 22.8 Å². The van der Waals surface area contributed by atoms with E-state index in [0.717, 1.165) is 47.1 Å². The number of anilines is 1. The fourth-order valence-electron chi connectivity index (χ4n) is 3.77. The monoisotopic (exact) mass is 366 g/mol. The van der Waals surface area contributed by atoms with Crippen LogP contribution in [0.5, 0.6) is 0 Å². The molecule has 3 nitrogen and oxygen atoms in total. The van der Waals surface area contributed by atoms with Gasteiger partial charge in [-0.25, -0.2) is 0 Å². The number of thioether (sulfide) groups is 1. The summed E-state index contributed by atoms with van der Waals surface area (Å²) < 4.78 is 2.10. The zero-order valence-electron chi connectivity index (χ0n) is 13.8. The van der Waals surface area contributed by atoms with Crippen LogP contribution < -0.4 is 4.90 Å². The first kappa shape index (κ1) is 15.3. The van der Waals surface area contributed by atoms with E-state index >= 15 is 0 Å². The molecule has 4 heterocycles. The minimum absolute atomic E-state index is 0.165. The lowest BCUT2D eigenvalue weighted by Crippen LogP contribution is -2.30. The second-order valence-electron chi connectivity index (χ2n) is 6.41.